The molecule has 0 spiro atoms. The molecular weight excluding hydrogens is 292 g/mol. The molecule has 0 aliphatic heterocycles. The number of aryl methyl sites for hydroxylation is 1. The zero-order valence-corrected chi connectivity index (χ0v) is 13.0. The second kappa shape index (κ2) is 6.67. The third kappa shape index (κ3) is 3.91. The fourth-order valence-electron chi connectivity index (χ4n) is 1.68. The van der Waals surface area contributed by atoms with Crippen molar-refractivity contribution in [1.82, 2.24) is 10.2 Å². The van der Waals surface area contributed by atoms with Crippen molar-refractivity contribution in [2.24, 2.45) is 0 Å². The normalized spacial score (nSPS) is 10.3. The van der Waals surface area contributed by atoms with Crippen LogP contribution in [-0.4, -0.2) is 30.3 Å². The van der Waals surface area contributed by atoms with Gasteiger partial charge in [-0.05, 0) is 41.4 Å². The van der Waals surface area contributed by atoms with Gasteiger partial charge in [0.05, 0.1) is 11.4 Å². The molecule has 0 radical (unpaired) electrons. The van der Waals surface area contributed by atoms with Crippen molar-refractivity contribution >= 4 is 34.5 Å². The van der Waals surface area contributed by atoms with Gasteiger partial charge in [0.25, 0.3) is 5.91 Å². The number of carbonyl (C=O) groups is 2. The molecule has 1 N–H and O–H groups in total. The summed E-state index contributed by atoms with van der Waals surface area (Å²) in [5.41, 5.74) is 1.10. The molecule has 0 atom stereocenters. The maximum absolute atomic E-state index is 11.9. The van der Waals surface area contributed by atoms with E-state index < -0.39 is 0 Å². The summed E-state index contributed by atoms with van der Waals surface area (Å²) in [6.07, 6.45) is 0. The van der Waals surface area contributed by atoms with Gasteiger partial charge in [0, 0.05) is 18.5 Å². The average Bonchev–Trinajstić information content (AvgIpc) is 3.07. The molecule has 0 saturated carbocycles. The fourth-order valence-corrected chi connectivity index (χ4v) is 3.12. The van der Waals surface area contributed by atoms with Crippen LogP contribution in [0.25, 0.3) is 0 Å². The second-order valence-electron chi connectivity index (χ2n) is 4.47. The molecule has 2 amide bonds. The van der Waals surface area contributed by atoms with Gasteiger partial charge in [0.15, 0.2) is 0 Å². The molecule has 20 heavy (non-hydrogen) atoms. The molecule has 2 aromatic rings. The predicted octanol–water partition coefficient (Wildman–Crippen LogP) is 2.51. The van der Waals surface area contributed by atoms with E-state index in [0.29, 0.717) is 11.4 Å². The van der Waals surface area contributed by atoms with E-state index in [-0.39, 0.29) is 18.4 Å². The Bertz CT molecular complexity index is 590. The van der Waals surface area contributed by atoms with Gasteiger partial charge in [-0.15, -0.1) is 11.3 Å². The van der Waals surface area contributed by atoms with Crippen molar-refractivity contribution in [3.8, 4) is 0 Å². The summed E-state index contributed by atoms with van der Waals surface area (Å²) in [7, 11) is 1.74. The molecule has 0 fully saturated rings. The van der Waals surface area contributed by atoms with E-state index in [0.717, 1.165) is 10.4 Å². The smallest absolute Gasteiger partial charge is 0.261 e. The number of hydrogen-bond acceptors (Lipinski definition) is 4. The Morgan fingerprint density at radius 2 is 2.10 bits per heavy atom. The number of carbonyl (C=O) groups excluding carboxylic acids is 2. The second-order valence-corrected chi connectivity index (χ2v) is 6.54. The largest absolute Gasteiger partial charge is 0.342 e. The lowest BCUT2D eigenvalue weighted by atomic mass is 10.3. The fraction of sp³-hybridized carbons (Fsp3) is 0.286. The third-order valence-corrected chi connectivity index (χ3v) is 4.52. The average molecular weight is 308 g/mol. The van der Waals surface area contributed by atoms with Crippen molar-refractivity contribution in [2.75, 3.05) is 13.6 Å². The molecule has 6 heteroatoms. The van der Waals surface area contributed by atoms with Crippen molar-refractivity contribution < 1.29 is 9.59 Å². The highest BCUT2D eigenvalue weighted by molar-refractivity contribution is 7.13. The lowest BCUT2D eigenvalue weighted by molar-refractivity contribution is -0.129. The van der Waals surface area contributed by atoms with Crippen LogP contribution in [0.2, 0.25) is 0 Å². The lowest BCUT2D eigenvalue weighted by Gasteiger charge is -2.16. The van der Waals surface area contributed by atoms with Crippen molar-refractivity contribution in [2.45, 2.75) is 13.5 Å². The monoisotopic (exact) mass is 308 g/mol. The van der Waals surface area contributed by atoms with Crippen LogP contribution < -0.4 is 5.32 Å². The molecular formula is C14H16N2O2S2. The van der Waals surface area contributed by atoms with Crippen LogP contribution in [-0.2, 0) is 11.3 Å². The predicted molar refractivity (Wildman–Crippen MR) is 82.2 cm³/mol. The summed E-state index contributed by atoms with van der Waals surface area (Å²) in [6, 6.07) is 5.65. The number of thiophene rings is 2. The van der Waals surface area contributed by atoms with Crippen LogP contribution in [0.15, 0.2) is 29.0 Å². The Morgan fingerprint density at radius 1 is 1.30 bits per heavy atom. The van der Waals surface area contributed by atoms with E-state index in [1.807, 2.05) is 29.8 Å². The van der Waals surface area contributed by atoms with Gasteiger partial charge in [0.2, 0.25) is 5.91 Å². The number of hydrogen-bond donors (Lipinski definition) is 1. The minimum Gasteiger partial charge on any atom is -0.342 e. The van der Waals surface area contributed by atoms with Gasteiger partial charge in [-0.2, -0.15) is 11.3 Å². The van der Waals surface area contributed by atoms with Crippen LogP contribution in [0.4, 0.5) is 0 Å². The van der Waals surface area contributed by atoms with E-state index in [1.54, 1.807) is 29.4 Å². The molecule has 0 bridgehead atoms. The summed E-state index contributed by atoms with van der Waals surface area (Å²) in [6.45, 7) is 2.54. The zero-order valence-electron chi connectivity index (χ0n) is 11.4. The van der Waals surface area contributed by atoms with Crippen LogP contribution >= 0.6 is 22.7 Å². The van der Waals surface area contributed by atoms with Crippen LogP contribution in [0, 0.1) is 6.92 Å². The third-order valence-electron chi connectivity index (χ3n) is 2.79. The minimum absolute atomic E-state index is 0.0242. The standard InChI is InChI=1S/C14H16N2O2S2/c1-10-3-4-12(20-10)14(18)15-7-13(17)16(2)8-11-5-6-19-9-11/h3-6,9H,7-8H2,1-2H3,(H,15,18). The van der Waals surface area contributed by atoms with E-state index in [9.17, 15) is 9.59 Å². The Labute approximate surface area is 126 Å². The highest BCUT2D eigenvalue weighted by Crippen LogP contribution is 2.14. The van der Waals surface area contributed by atoms with Crippen LogP contribution in [0.3, 0.4) is 0 Å². The summed E-state index contributed by atoms with van der Waals surface area (Å²) in [5, 5.41) is 6.65. The molecule has 0 unspecified atom stereocenters. The molecule has 2 rings (SSSR count). The van der Waals surface area contributed by atoms with Gasteiger partial charge >= 0.3 is 0 Å². The Kier molecular flexibility index (Phi) is 4.92. The van der Waals surface area contributed by atoms with E-state index in [4.69, 9.17) is 0 Å². The number of nitrogens with one attached hydrogen (secondary N) is 1. The first-order valence-corrected chi connectivity index (χ1v) is 7.92. The maximum Gasteiger partial charge on any atom is 0.261 e. The molecule has 2 heterocycles. The van der Waals surface area contributed by atoms with Crippen LogP contribution in [0.5, 0.6) is 0 Å². The number of rotatable bonds is 5. The Morgan fingerprint density at radius 3 is 2.70 bits per heavy atom. The lowest BCUT2D eigenvalue weighted by Crippen LogP contribution is -2.37. The highest BCUT2D eigenvalue weighted by Gasteiger charge is 2.13. The quantitative estimate of drug-likeness (QED) is 0.922. The first-order chi connectivity index (χ1) is 9.56. The van der Waals surface area contributed by atoms with Gasteiger partial charge in [-0.3, -0.25) is 9.59 Å². The van der Waals surface area contributed by atoms with E-state index >= 15 is 0 Å². The SMILES string of the molecule is Cc1ccc(C(=O)NCC(=O)N(C)Cc2ccsc2)s1. The maximum atomic E-state index is 11.9. The minimum atomic E-state index is -0.194. The van der Waals surface area contributed by atoms with Crippen molar-refractivity contribution in [1.29, 1.82) is 0 Å². The van der Waals surface area contributed by atoms with Gasteiger partial charge in [-0.25, -0.2) is 0 Å². The van der Waals surface area contributed by atoms with Gasteiger partial charge < -0.3 is 10.2 Å². The summed E-state index contributed by atoms with van der Waals surface area (Å²) < 4.78 is 0. The highest BCUT2D eigenvalue weighted by atomic mass is 32.1. The molecule has 0 aromatic carbocycles. The first-order valence-electron chi connectivity index (χ1n) is 6.16. The van der Waals surface area contributed by atoms with Crippen molar-refractivity contribution in [3.05, 3.63) is 44.3 Å². The van der Waals surface area contributed by atoms with Crippen molar-refractivity contribution in [3.63, 3.8) is 0 Å². The summed E-state index contributed by atoms with van der Waals surface area (Å²) >= 11 is 3.03. The number of amides is 2. The molecule has 4 nitrogen and oxygen atoms in total. The van der Waals surface area contributed by atoms with E-state index in [2.05, 4.69) is 5.32 Å². The van der Waals surface area contributed by atoms with E-state index in [1.165, 1.54) is 11.3 Å². The Hall–Kier alpha value is -1.66. The summed E-state index contributed by atoms with van der Waals surface area (Å²) in [5.74, 6) is -0.293. The number of nitrogens with zero attached hydrogens (tertiary/aromatic N) is 1. The van der Waals surface area contributed by atoms with Crippen LogP contribution in [0.1, 0.15) is 20.1 Å². The van der Waals surface area contributed by atoms with Gasteiger partial charge in [0.1, 0.15) is 0 Å². The first kappa shape index (κ1) is 14.7. The molecule has 2 aromatic heterocycles. The van der Waals surface area contributed by atoms with Gasteiger partial charge in [-0.1, -0.05) is 0 Å². The zero-order chi connectivity index (χ0) is 14.5. The summed E-state index contributed by atoms with van der Waals surface area (Å²) in [4.78, 5) is 27.1. The molecule has 0 saturated heterocycles. The number of likely N-dealkylation sites (N-methyl/N-ethyl adjacent to an activating group) is 1. The molecule has 0 aliphatic carbocycles. The Balaban J connectivity index is 1.81. The molecule has 0 aliphatic rings. The molecule has 106 valence electrons. The topological polar surface area (TPSA) is 49.4 Å².